The molecule has 1 saturated carbocycles. The van der Waals surface area contributed by atoms with Crippen LogP contribution in [0.1, 0.15) is 29.9 Å². The summed E-state index contributed by atoms with van der Waals surface area (Å²) in [6, 6.07) is 16.7. The van der Waals surface area contributed by atoms with E-state index in [-0.39, 0.29) is 23.7 Å². The molecule has 1 aromatic heterocycles. The van der Waals surface area contributed by atoms with Crippen molar-refractivity contribution in [3.63, 3.8) is 0 Å². The molecule has 1 aliphatic carbocycles. The highest BCUT2D eigenvalue weighted by molar-refractivity contribution is 5.96. The highest BCUT2D eigenvalue weighted by Gasteiger charge is 2.39. The Kier molecular flexibility index (Phi) is 4.94. The van der Waals surface area contributed by atoms with E-state index in [2.05, 4.69) is 11.4 Å². The third kappa shape index (κ3) is 3.81. The number of para-hydroxylation sites is 1. The van der Waals surface area contributed by atoms with Crippen LogP contribution in [0.4, 0.5) is 4.39 Å². The number of carbonyl (C=O) groups is 1. The maximum absolute atomic E-state index is 13.3. The van der Waals surface area contributed by atoms with Crippen molar-refractivity contribution < 1.29 is 9.18 Å². The topological polar surface area (TPSA) is 57.8 Å². The number of aromatic nitrogens is 1. The van der Waals surface area contributed by atoms with Crippen LogP contribution in [-0.2, 0) is 11.3 Å². The van der Waals surface area contributed by atoms with Crippen LogP contribution < -0.4 is 5.32 Å². The van der Waals surface area contributed by atoms with Gasteiger partial charge in [-0.3, -0.25) is 4.79 Å². The molecule has 1 heterocycles. The van der Waals surface area contributed by atoms with Gasteiger partial charge >= 0.3 is 0 Å². The third-order valence-corrected chi connectivity index (χ3v) is 5.09. The van der Waals surface area contributed by atoms with Crippen molar-refractivity contribution in [2.45, 2.75) is 31.3 Å². The van der Waals surface area contributed by atoms with Crippen LogP contribution in [0.3, 0.4) is 0 Å². The van der Waals surface area contributed by atoms with Gasteiger partial charge in [0.2, 0.25) is 5.91 Å². The van der Waals surface area contributed by atoms with E-state index in [4.69, 9.17) is 5.26 Å². The highest BCUT2D eigenvalue weighted by atomic mass is 19.1. The van der Waals surface area contributed by atoms with Crippen LogP contribution in [0.5, 0.6) is 0 Å². The molecule has 2 aromatic carbocycles. The van der Waals surface area contributed by atoms with E-state index >= 15 is 0 Å². The quantitative estimate of drug-likeness (QED) is 0.652. The molecule has 28 heavy (non-hydrogen) atoms. The number of aryl methyl sites for hydroxylation is 1. The fourth-order valence-corrected chi connectivity index (χ4v) is 3.62. The molecule has 0 aliphatic heterocycles. The first kappa shape index (κ1) is 18.0. The van der Waals surface area contributed by atoms with Crippen molar-refractivity contribution in [2.24, 2.45) is 0 Å². The Hall–Kier alpha value is -3.39. The van der Waals surface area contributed by atoms with Crippen molar-refractivity contribution in [2.75, 3.05) is 0 Å². The van der Waals surface area contributed by atoms with E-state index in [0.717, 1.165) is 28.5 Å². The fraction of sp³-hybridized carbons (Fsp3) is 0.217. The molecule has 1 aliphatic rings. The second-order valence-corrected chi connectivity index (χ2v) is 7.05. The van der Waals surface area contributed by atoms with E-state index < -0.39 is 0 Å². The molecule has 5 heteroatoms. The molecule has 4 nitrogen and oxygen atoms in total. The lowest BCUT2D eigenvalue weighted by molar-refractivity contribution is -0.116. The minimum absolute atomic E-state index is 0.0518. The molecule has 1 fully saturated rings. The van der Waals surface area contributed by atoms with Gasteiger partial charge < -0.3 is 9.88 Å². The fourth-order valence-electron chi connectivity index (χ4n) is 3.62. The Labute approximate surface area is 162 Å². The van der Waals surface area contributed by atoms with E-state index in [1.54, 1.807) is 12.1 Å². The predicted octanol–water partition coefficient (Wildman–Crippen LogP) is 4.38. The minimum atomic E-state index is -0.248. The van der Waals surface area contributed by atoms with Crippen LogP contribution in [0, 0.1) is 17.1 Å². The smallest absolute Gasteiger partial charge is 0.244 e. The summed E-state index contributed by atoms with van der Waals surface area (Å²) in [6.07, 6.45) is 6.58. The van der Waals surface area contributed by atoms with Gasteiger partial charge in [-0.15, -0.1) is 0 Å². The van der Waals surface area contributed by atoms with Crippen molar-refractivity contribution in [1.82, 2.24) is 9.88 Å². The van der Waals surface area contributed by atoms with Crippen molar-refractivity contribution in [3.8, 4) is 6.07 Å². The molecule has 0 spiro atoms. The summed E-state index contributed by atoms with van der Waals surface area (Å²) in [4.78, 5) is 12.3. The maximum Gasteiger partial charge on any atom is 0.244 e. The average molecular weight is 373 g/mol. The number of fused-ring (bicyclic) bond motifs is 1. The van der Waals surface area contributed by atoms with Gasteiger partial charge in [-0.2, -0.15) is 5.26 Å². The molecular formula is C23H20FN3O. The van der Waals surface area contributed by atoms with Gasteiger partial charge in [-0.25, -0.2) is 4.39 Å². The largest absolute Gasteiger partial charge is 0.349 e. The Morgan fingerprint density at radius 3 is 2.96 bits per heavy atom. The molecule has 1 amide bonds. The molecule has 1 N–H and O–H groups in total. The number of nitrogens with one attached hydrogen (secondary N) is 1. The zero-order chi connectivity index (χ0) is 19.5. The lowest BCUT2D eigenvalue weighted by Crippen LogP contribution is -2.24. The highest BCUT2D eigenvalue weighted by Crippen LogP contribution is 2.40. The summed E-state index contributed by atoms with van der Waals surface area (Å²) in [5.41, 5.74) is 2.92. The number of rotatable bonds is 6. The summed E-state index contributed by atoms with van der Waals surface area (Å²) in [5, 5.41) is 12.9. The van der Waals surface area contributed by atoms with Crippen molar-refractivity contribution in [1.29, 1.82) is 5.26 Å². The number of amides is 1. The van der Waals surface area contributed by atoms with Crippen LogP contribution >= 0.6 is 0 Å². The number of benzene rings is 2. The Balaban J connectivity index is 1.43. The average Bonchev–Trinajstić information content (AvgIpc) is 3.37. The van der Waals surface area contributed by atoms with E-state index in [9.17, 15) is 9.18 Å². The first-order valence-electron chi connectivity index (χ1n) is 9.34. The van der Waals surface area contributed by atoms with Crippen molar-refractivity contribution >= 4 is 22.9 Å². The first-order valence-corrected chi connectivity index (χ1v) is 9.34. The Morgan fingerprint density at radius 2 is 2.14 bits per heavy atom. The molecule has 3 aromatic rings. The van der Waals surface area contributed by atoms with Gasteiger partial charge in [-0.05, 0) is 36.3 Å². The second-order valence-electron chi connectivity index (χ2n) is 7.05. The Bertz CT molecular complexity index is 1090. The third-order valence-electron chi connectivity index (χ3n) is 5.09. The molecule has 2 atom stereocenters. The van der Waals surface area contributed by atoms with Gasteiger partial charge in [0.25, 0.3) is 0 Å². The molecule has 0 bridgehead atoms. The lowest BCUT2D eigenvalue weighted by Gasteiger charge is -2.02. The summed E-state index contributed by atoms with van der Waals surface area (Å²) >= 11 is 0. The van der Waals surface area contributed by atoms with Gasteiger partial charge in [-0.1, -0.05) is 30.3 Å². The summed E-state index contributed by atoms with van der Waals surface area (Å²) in [6.45, 7) is 0.619. The number of carbonyl (C=O) groups excluding carboxylic acids is 1. The monoisotopic (exact) mass is 373 g/mol. The lowest BCUT2D eigenvalue weighted by atomic mass is 10.1. The van der Waals surface area contributed by atoms with Gasteiger partial charge in [0.1, 0.15) is 5.82 Å². The molecule has 4 rings (SSSR count). The Morgan fingerprint density at radius 1 is 1.29 bits per heavy atom. The molecular weight excluding hydrogens is 353 g/mol. The van der Waals surface area contributed by atoms with Crippen LogP contribution in [0.25, 0.3) is 17.0 Å². The standard InChI is InChI=1S/C23H20FN3O/c24-18-6-3-5-16(13-18)20-14-21(20)26-23(28)10-9-17-15-27(12-4-11-25)22-8-2-1-7-19(17)22/h1-3,5-10,13,15,20-21H,4,12,14H2,(H,26,28). The number of halogens is 1. The number of hydrogen-bond donors (Lipinski definition) is 1. The maximum atomic E-state index is 13.3. The molecule has 0 saturated heterocycles. The van der Waals surface area contributed by atoms with E-state index in [0.29, 0.717) is 13.0 Å². The van der Waals surface area contributed by atoms with Crippen molar-refractivity contribution in [3.05, 3.63) is 77.7 Å². The summed E-state index contributed by atoms with van der Waals surface area (Å²) in [7, 11) is 0. The minimum Gasteiger partial charge on any atom is -0.349 e. The van der Waals surface area contributed by atoms with E-state index in [1.807, 2.05) is 41.1 Å². The van der Waals surface area contributed by atoms with Crippen LogP contribution in [0.15, 0.2) is 60.8 Å². The van der Waals surface area contributed by atoms with E-state index in [1.165, 1.54) is 18.2 Å². The van der Waals surface area contributed by atoms with Crippen LogP contribution in [-0.4, -0.2) is 16.5 Å². The zero-order valence-corrected chi connectivity index (χ0v) is 15.3. The molecule has 2 unspecified atom stereocenters. The first-order chi connectivity index (χ1) is 13.7. The second kappa shape index (κ2) is 7.69. The number of nitriles is 1. The van der Waals surface area contributed by atoms with Gasteiger partial charge in [0.05, 0.1) is 12.5 Å². The number of nitrogens with zero attached hydrogens (tertiary/aromatic N) is 2. The summed E-state index contributed by atoms with van der Waals surface area (Å²) in [5.74, 6) is -0.221. The van der Waals surface area contributed by atoms with Gasteiger partial charge in [0.15, 0.2) is 0 Å². The number of hydrogen-bond acceptors (Lipinski definition) is 2. The zero-order valence-electron chi connectivity index (χ0n) is 15.3. The molecule has 0 radical (unpaired) electrons. The van der Waals surface area contributed by atoms with Crippen LogP contribution in [0.2, 0.25) is 0 Å². The summed E-state index contributed by atoms with van der Waals surface area (Å²) < 4.78 is 15.4. The van der Waals surface area contributed by atoms with Gasteiger partial charge in [0, 0.05) is 47.2 Å². The molecule has 140 valence electrons. The normalized spacial score (nSPS) is 18.3. The SMILES string of the molecule is N#CCCn1cc(C=CC(=O)NC2CC2c2cccc(F)c2)c2ccccc21. The predicted molar refractivity (Wildman–Crippen MR) is 107 cm³/mol.